The molecule has 34 heavy (non-hydrogen) atoms. The molecule has 0 radical (unpaired) electrons. The third-order valence-electron chi connectivity index (χ3n) is 6.08. The van der Waals surface area contributed by atoms with Crippen molar-refractivity contribution in [1.82, 2.24) is 10.2 Å². The lowest BCUT2D eigenvalue weighted by Gasteiger charge is -2.29. The summed E-state index contributed by atoms with van der Waals surface area (Å²) in [6.45, 7) is 1.47. The number of carbonyl (C=O) groups is 1. The Morgan fingerprint density at radius 3 is 2.00 bits per heavy atom. The van der Waals surface area contributed by atoms with Crippen LogP contribution in [0.5, 0.6) is 0 Å². The van der Waals surface area contributed by atoms with E-state index in [1.165, 1.54) is 0 Å². The van der Waals surface area contributed by atoms with Crippen molar-refractivity contribution in [3.05, 3.63) is 101 Å². The van der Waals surface area contributed by atoms with Crippen molar-refractivity contribution in [2.24, 2.45) is 0 Å². The molecule has 2 unspecified atom stereocenters. The zero-order valence-corrected chi connectivity index (χ0v) is 19.6. The predicted octanol–water partition coefficient (Wildman–Crippen LogP) is 3.76. The number of likely N-dealkylation sites (tertiary alicyclic amines) is 1. The van der Waals surface area contributed by atoms with Crippen LogP contribution in [0, 0.1) is 22.7 Å². The molecule has 1 N–H and O–H groups in total. The van der Waals surface area contributed by atoms with Crippen LogP contribution in [0.25, 0.3) is 0 Å². The van der Waals surface area contributed by atoms with E-state index in [1.54, 1.807) is 30.5 Å². The van der Waals surface area contributed by atoms with Gasteiger partial charge >= 0.3 is 0 Å². The Morgan fingerprint density at radius 2 is 1.47 bits per heavy atom. The molecule has 1 aliphatic heterocycles. The van der Waals surface area contributed by atoms with Crippen molar-refractivity contribution in [1.29, 1.82) is 10.5 Å². The van der Waals surface area contributed by atoms with Gasteiger partial charge in [0.2, 0.25) is 0 Å². The van der Waals surface area contributed by atoms with Crippen molar-refractivity contribution >= 4 is 16.7 Å². The standard InChI is InChI=1S/C27H24N4O2S/c1-34(33)25-12-10-22(11-13-25)26(21-6-2-19(16-28)3-7-21)31-15-14-24(18-31)30-27(32)23-8-4-20(17-29)5-9-23/h2-13,24,26H,14-15,18H2,1H3,(H,30,32)/t24-,26?,34?/m1/s1. The van der Waals surface area contributed by atoms with Crippen molar-refractivity contribution in [2.45, 2.75) is 23.4 Å². The van der Waals surface area contributed by atoms with Crippen LogP contribution in [-0.2, 0) is 10.8 Å². The van der Waals surface area contributed by atoms with E-state index in [2.05, 4.69) is 22.4 Å². The van der Waals surface area contributed by atoms with Gasteiger partial charge < -0.3 is 5.32 Å². The number of benzene rings is 3. The van der Waals surface area contributed by atoms with Crippen LogP contribution in [0.4, 0.5) is 0 Å². The molecule has 1 saturated heterocycles. The van der Waals surface area contributed by atoms with Crippen LogP contribution >= 0.6 is 0 Å². The molecule has 3 aromatic rings. The minimum absolute atomic E-state index is 0.00792. The number of carbonyl (C=O) groups excluding carboxylic acids is 1. The summed E-state index contributed by atoms with van der Waals surface area (Å²) in [5.41, 5.74) is 3.78. The van der Waals surface area contributed by atoms with Crippen LogP contribution in [0.3, 0.4) is 0 Å². The predicted molar refractivity (Wildman–Crippen MR) is 130 cm³/mol. The number of hydrogen-bond donors (Lipinski definition) is 1. The van der Waals surface area contributed by atoms with Gasteiger partial charge in [0.05, 0.1) is 29.3 Å². The van der Waals surface area contributed by atoms with Crippen LogP contribution in [0.2, 0.25) is 0 Å². The maximum absolute atomic E-state index is 12.7. The molecular weight excluding hydrogens is 444 g/mol. The monoisotopic (exact) mass is 468 g/mol. The Kier molecular flexibility index (Phi) is 7.18. The summed E-state index contributed by atoms with van der Waals surface area (Å²) in [5, 5.41) is 21.2. The van der Waals surface area contributed by atoms with E-state index in [0.717, 1.165) is 29.0 Å². The molecule has 170 valence electrons. The SMILES string of the molecule is CS(=O)c1ccc(C(c2ccc(C#N)cc2)N2CC[C@@H](NC(=O)c3ccc(C#N)cc3)C2)cc1. The Bertz CT molecular complexity index is 1270. The highest BCUT2D eigenvalue weighted by molar-refractivity contribution is 7.84. The Morgan fingerprint density at radius 1 is 0.941 bits per heavy atom. The molecule has 4 rings (SSSR count). The van der Waals surface area contributed by atoms with Gasteiger partial charge in [-0.1, -0.05) is 24.3 Å². The highest BCUT2D eigenvalue weighted by Gasteiger charge is 2.31. The molecule has 1 amide bonds. The normalized spacial score (nSPS) is 17.3. The maximum atomic E-state index is 12.7. The quantitative estimate of drug-likeness (QED) is 0.594. The smallest absolute Gasteiger partial charge is 0.251 e. The average Bonchev–Trinajstić information content (AvgIpc) is 3.32. The largest absolute Gasteiger partial charge is 0.348 e. The number of amides is 1. The molecular formula is C27H24N4O2S. The highest BCUT2D eigenvalue weighted by Crippen LogP contribution is 2.32. The molecule has 1 heterocycles. The van der Waals surface area contributed by atoms with Crippen molar-refractivity contribution in [3.8, 4) is 12.1 Å². The van der Waals surface area contributed by atoms with Crippen LogP contribution < -0.4 is 5.32 Å². The number of nitrogens with zero attached hydrogens (tertiary/aromatic N) is 3. The van der Waals surface area contributed by atoms with Gasteiger partial charge in [-0.3, -0.25) is 13.9 Å². The van der Waals surface area contributed by atoms with Crippen molar-refractivity contribution < 1.29 is 9.00 Å². The van der Waals surface area contributed by atoms with Gasteiger partial charge in [-0.15, -0.1) is 0 Å². The van der Waals surface area contributed by atoms with Gasteiger partial charge in [-0.25, -0.2) is 0 Å². The fraction of sp³-hybridized carbons (Fsp3) is 0.222. The zero-order chi connectivity index (χ0) is 24.1. The minimum Gasteiger partial charge on any atom is -0.348 e. The third kappa shape index (κ3) is 5.23. The van der Waals surface area contributed by atoms with E-state index >= 15 is 0 Å². The second-order valence-electron chi connectivity index (χ2n) is 8.30. The molecule has 3 aromatic carbocycles. The molecule has 0 saturated carbocycles. The zero-order valence-electron chi connectivity index (χ0n) is 18.8. The van der Waals surface area contributed by atoms with Gasteiger partial charge in [-0.2, -0.15) is 10.5 Å². The van der Waals surface area contributed by atoms with E-state index in [0.29, 0.717) is 23.2 Å². The van der Waals surface area contributed by atoms with Crippen molar-refractivity contribution in [3.63, 3.8) is 0 Å². The first-order valence-electron chi connectivity index (χ1n) is 11.0. The highest BCUT2D eigenvalue weighted by atomic mass is 32.2. The van der Waals surface area contributed by atoms with Gasteiger partial charge in [-0.05, 0) is 66.1 Å². The van der Waals surface area contributed by atoms with E-state index in [9.17, 15) is 14.3 Å². The van der Waals surface area contributed by atoms with Gasteiger partial charge in [0.25, 0.3) is 5.91 Å². The fourth-order valence-electron chi connectivity index (χ4n) is 4.30. The number of hydrogen-bond acceptors (Lipinski definition) is 5. The van der Waals surface area contributed by atoms with E-state index in [4.69, 9.17) is 5.26 Å². The summed E-state index contributed by atoms with van der Waals surface area (Å²) in [5.74, 6) is -0.152. The molecule has 6 nitrogen and oxygen atoms in total. The van der Waals surface area contributed by atoms with Gasteiger partial charge in [0.1, 0.15) is 0 Å². The van der Waals surface area contributed by atoms with Crippen molar-refractivity contribution in [2.75, 3.05) is 19.3 Å². The summed E-state index contributed by atoms with van der Waals surface area (Å²) in [4.78, 5) is 15.8. The molecule has 1 aliphatic rings. The first-order valence-corrected chi connectivity index (χ1v) is 12.5. The number of nitriles is 2. The first kappa shape index (κ1) is 23.4. The number of rotatable bonds is 6. The maximum Gasteiger partial charge on any atom is 0.251 e. The second-order valence-corrected chi connectivity index (χ2v) is 9.68. The van der Waals surface area contributed by atoms with Crippen LogP contribution in [0.15, 0.2) is 77.7 Å². The third-order valence-corrected chi connectivity index (χ3v) is 7.02. The second kappa shape index (κ2) is 10.4. The van der Waals surface area contributed by atoms with Gasteiger partial charge in [0, 0.05) is 46.6 Å². The van der Waals surface area contributed by atoms with E-state index in [-0.39, 0.29) is 18.0 Å². The lowest BCUT2D eigenvalue weighted by atomic mass is 9.96. The summed E-state index contributed by atoms with van der Waals surface area (Å²) in [7, 11) is -1.05. The van der Waals surface area contributed by atoms with E-state index in [1.807, 2.05) is 48.5 Å². The molecule has 1 fully saturated rings. The molecule has 0 bridgehead atoms. The van der Waals surface area contributed by atoms with Crippen LogP contribution in [0.1, 0.15) is 45.1 Å². The summed E-state index contributed by atoms with van der Waals surface area (Å²) in [6, 6.07) is 26.1. The molecule has 0 aliphatic carbocycles. The van der Waals surface area contributed by atoms with Gasteiger partial charge in [0.15, 0.2) is 0 Å². The molecule has 0 aromatic heterocycles. The average molecular weight is 469 g/mol. The Hall–Kier alpha value is -3.78. The first-order chi connectivity index (χ1) is 16.5. The fourth-order valence-corrected chi connectivity index (χ4v) is 4.82. The summed E-state index contributed by atoms with van der Waals surface area (Å²) in [6.07, 6.45) is 2.47. The molecule has 3 atom stereocenters. The minimum atomic E-state index is -1.05. The lowest BCUT2D eigenvalue weighted by molar-refractivity contribution is 0.0937. The van der Waals surface area contributed by atoms with E-state index < -0.39 is 10.8 Å². The summed E-state index contributed by atoms with van der Waals surface area (Å²) < 4.78 is 11.8. The Labute approximate surface area is 201 Å². The summed E-state index contributed by atoms with van der Waals surface area (Å²) >= 11 is 0. The topological polar surface area (TPSA) is 97.0 Å². The molecule has 0 spiro atoms. The number of nitrogens with one attached hydrogen (secondary N) is 1. The van der Waals surface area contributed by atoms with Crippen LogP contribution in [-0.4, -0.2) is 40.4 Å². The lowest BCUT2D eigenvalue weighted by Crippen LogP contribution is -2.38. The molecule has 7 heteroatoms. The Balaban J connectivity index is 1.54.